The minimum atomic E-state index is -0.887. The largest absolute Gasteiger partial charge is 0.393 e. The molecule has 0 spiro atoms. The average molecular weight is 293 g/mol. The van der Waals surface area contributed by atoms with E-state index in [1.807, 2.05) is 0 Å². The molecule has 1 aromatic rings. The first kappa shape index (κ1) is 14.8. The van der Waals surface area contributed by atoms with Crippen LogP contribution in [0.3, 0.4) is 0 Å². The van der Waals surface area contributed by atoms with Crippen LogP contribution in [0.25, 0.3) is 0 Å². The number of rotatable bonds is 4. The summed E-state index contributed by atoms with van der Waals surface area (Å²) in [6, 6.07) is 1.50. The second-order valence-electron chi connectivity index (χ2n) is 3.76. The molecule has 0 aliphatic rings. The van der Waals surface area contributed by atoms with Gasteiger partial charge in [0.2, 0.25) is 0 Å². The first-order chi connectivity index (χ1) is 8.32. The van der Waals surface area contributed by atoms with Crippen LogP contribution in [0.1, 0.15) is 17.3 Å². The molecular formula is C11H11ClF2N2OS. The van der Waals surface area contributed by atoms with Crippen molar-refractivity contribution in [3.05, 3.63) is 34.4 Å². The normalized spacial score (nSPS) is 12.0. The Balaban J connectivity index is 2.79. The Morgan fingerprint density at radius 1 is 1.50 bits per heavy atom. The lowest BCUT2D eigenvalue weighted by atomic mass is 10.1. The van der Waals surface area contributed by atoms with Crippen molar-refractivity contribution in [3.63, 3.8) is 0 Å². The van der Waals surface area contributed by atoms with Gasteiger partial charge in [0.05, 0.1) is 15.6 Å². The van der Waals surface area contributed by atoms with E-state index in [0.717, 1.165) is 12.1 Å². The lowest BCUT2D eigenvalue weighted by molar-refractivity contribution is 0.0947. The molecule has 18 heavy (non-hydrogen) atoms. The number of carbonyl (C=O) groups is 1. The van der Waals surface area contributed by atoms with E-state index in [4.69, 9.17) is 29.6 Å². The number of nitrogens with two attached hydrogens (primary N) is 1. The van der Waals surface area contributed by atoms with Crippen molar-refractivity contribution >= 4 is 34.7 Å². The fourth-order valence-electron chi connectivity index (χ4n) is 1.14. The zero-order valence-electron chi connectivity index (χ0n) is 9.47. The number of amides is 1. The number of nitrogens with one attached hydrogen (secondary N) is 1. The van der Waals surface area contributed by atoms with Crippen LogP contribution < -0.4 is 11.1 Å². The maximum atomic E-state index is 13.4. The molecule has 0 aromatic heterocycles. The molecule has 1 amide bonds. The van der Waals surface area contributed by atoms with E-state index in [0.29, 0.717) is 0 Å². The van der Waals surface area contributed by atoms with Gasteiger partial charge in [0.25, 0.3) is 5.91 Å². The predicted octanol–water partition coefficient (Wildman–Crippen LogP) is 2.27. The van der Waals surface area contributed by atoms with Crippen LogP contribution in [0.2, 0.25) is 5.02 Å². The highest BCUT2D eigenvalue weighted by Crippen LogP contribution is 2.19. The Hall–Kier alpha value is -1.27. The topological polar surface area (TPSA) is 55.1 Å². The van der Waals surface area contributed by atoms with Crippen molar-refractivity contribution in [2.75, 3.05) is 6.54 Å². The Morgan fingerprint density at radius 3 is 2.67 bits per heavy atom. The highest BCUT2D eigenvalue weighted by Gasteiger charge is 2.16. The summed E-state index contributed by atoms with van der Waals surface area (Å²) in [5.41, 5.74) is 4.95. The van der Waals surface area contributed by atoms with Crippen LogP contribution in [0.15, 0.2) is 12.1 Å². The number of hydrogen-bond donors (Lipinski definition) is 2. The zero-order chi connectivity index (χ0) is 13.9. The monoisotopic (exact) mass is 292 g/mol. The molecule has 1 aromatic carbocycles. The standard InChI is InChI=1S/C11H11ClF2N2OS/c1-5(10(15)18)4-16-11(17)6-2-9(14)7(12)3-8(6)13/h2-3,5H,4H2,1H3,(H2,15,18)(H,16,17). The lowest BCUT2D eigenvalue weighted by Gasteiger charge is -2.11. The fourth-order valence-corrected chi connectivity index (χ4v) is 1.37. The van der Waals surface area contributed by atoms with Crippen molar-refractivity contribution < 1.29 is 13.6 Å². The van der Waals surface area contributed by atoms with E-state index >= 15 is 0 Å². The third-order valence-corrected chi connectivity index (χ3v) is 3.00. The van der Waals surface area contributed by atoms with Gasteiger partial charge in [-0.15, -0.1) is 0 Å². The number of halogens is 3. The molecule has 98 valence electrons. The third kappa shape index (κ3) is 3.61. The summed E-state index contributed by atoms with van der Waals surface area (Å²) < 4.78 is 26.5. The second kappa shape index (κ2) is 6.06. The first-order valence-electron chi connectivity index (χ1n) is 5.05. The number of carbonyl (C=O) groups excluding carboxylic acids is 1. The van der Waals surface area contributed by atoms with Gasteiger partial charge in [0, 0.05) is 12.5 Å². The summed E-state index contributed by atoms with van der Waals surface area (Å²) in [5, 5.41) is 2.04. The summed E-state index contributed by atoms with van der Waals surface area (Å²) in [6.45, 7) is 1.86. The molecule has 0 heterocycles. The Bertz CT molecular complexity index is 496. The van der Waals surface area contributed by atoms with Crippen LogP contribution >= 0.6 is 23.8 Å². The highest BCUT2D eigenvalue weighted by atomic mass is 35.5. The molecule has 3 N–H and O–H groups in total. The SMILES string of the molecule is CC(CNC(=O)c1cc(F)c(Cl)cc1F)C(N)=S. The van der Waals surface area contributed by atoms with E-state index in [-0.39, 0.29) is 22.5 Å². The van der Waals surface area contributed by atoms with Gasteiger partial charge in [-0.3, -0.25) is 4.79 Å². The number of benzene rings is 1. The lowest BCUT2D eigenvalue weighted by Crippen LogP contribution is -2.34. The van der Waals surface area contributed by atoms with Crippen LogP contribution in [-0.2, 0) is 0 Å². The van der Waals surface area contributed by atoms with Crippen LogP contribution in [0, 0.1) is 17.6 Å². The molecule has 1 unspecified atom stereocenters. The number of hydrogen-bond acceptors (Lipinski definition) is 2. The van der Waals surface area contributed by atoms with Gasteiger partial charge >= 0.3 is 0 Å². The summed E-state index contributed by atoms with van der Waals surface area (Å²) in [4.78, 5) is 11.8. The molecule has 3 nitrogen and oxygen atoms in total. The maximum Gasteiger partial charge on any atom is 0.254 e. The number of thiocarbonyl (C=S) groups is 1. The Kier molecular flexibility index (Phi) is 4.98. The van der Waals surface area contributed by atoms with Gasteiger partial charge < -0.3 is 11.1 Å². The minimum Gasteiger partial charge on any atom is -0.393 e. The minimum absolute atomic E-state index is 0.151. The molecule has 0 saturated carbocycles. The molecule has 0 fully saturated rings. The van der Waals surface area contributed by atoms with Crippen molar-refractivity contribution in [1.29, 1.82) is 0 Å². The Labute approximate surface area is 113 Å². The summed E-state index contributed by atoms with van der Waals surface area (Å²) in [7, 11) is 0. The zero-order valence-corrected chi connectivity index (χ0v) is 11.0. The van der Waals surface area contributed by atoms with Crippen molar-refractivity contribution in [1.82, 2.24) is 5.32 Å². The summed E-state index contributed by atoms with van der Waals surface area (Å²) >= 11 is 10.1. The molecule has 1 rings (SSSR count). The van der Waals surface area contributed by atoms with Crippen molar-refractivity contribution in [2.45, 2.75) is 6.92 Å². The average Bonchev–Trinajstić information content (AvgIpc) is 2.30. The highest BCUT2D eigenvalue weighted by molar-refractivity contribution is 7.80. The van der Waals surface area contributed by atoms with Crippen molar-refractivity contribution in [2.24, 2.45) is 11.7 Å². The van der Waals surface area contributed by atoms with Gasteiger partial charge in [-0.1, -0.05) is 30.7 Å². The maximum absolute atomic E-state index is 13.4. The smallest absolute Gasteiger partial charge is 0.254 e. The molecule has 0 radical (unpaired) electrons. The van der Waals surface area contributed by atoms with Crippen molar-refractivity contribution in [3.8, 4) is 0 Å². The third-order valence-electron chi connectivity index (χ3n) is 2.31. The molecule has 1 atom stereocenters. The van der Waals surface area contributed by atoms with Gasteiger partial charge in [-0.25, -0.2) is 8.78 Å². The second-order valence-corrected chi connectivity index (χ2v) is 4.64. The van der Waals surface area contributed by atoms with Crippen LogP contribution in [-0.4, -0.2) is 17.4 Å². The fraction of sp³-hybridized carbons (Fsp3) is 0.273. The molecular weight excluding hydrogens is 282 g/mol. The van der Waals surface area contributed by atoms with E-state index in [9.17, 15) is 13.6 Å². The Morgan fingerprint density at radius 2 is 2.11 bits per heavy atom. The molecule has 0 aliphatic carbocycles. The predicted molar refractivity (Wildman–Crippen MR) is 69.7 cm³/mol. The first-order valence-corrected chi connectivity index (χ1v) is 5.83. The van der Waals surface area contributed by atoms with E-state index in [1.54, 1.807) is 6.92 Å². The van der Waals surface area contributed by atoms with Gasteiger partial charge in [-0.2, -0.15) is 0 Å². The van der Waals surface area contributed by atoms with Gasteiger partial charge in [0.15, 0.2) is 0 Å². The molecule has 0 saturated heterocycles. The summed E-state index contributed by atoms with van der Waals surface area (Å²) in [5.74, 6) is -2.72. The van der Waals surface area contributed by atoms with Gasteiger partial charge in [0.1, 0.15) is 11.6 Å². The molecule has 7 heteroatoms. The van der Waals surface area contributed by atoms with Crippen LogP contribution in [0.4, 0.5) is 8.78 Å². The van der Waals surface area contributed by atoms with E-state index < -0.39 is 23.1 Å². The quantitative estimate of drug-likeness (QED) is 0.661. The molecule has 0 aliphatic heterocycles. The van der Waals surface area contributed by atoms with E-state index in [2.05, 4.69) is 5.32 Å². The van der Waals surface area contributed by atoms with Crippen LogP contribution in [0.5, 0.6) is 0 Å². The van der Waals surface area contributed by atoms with Gasteiger partial charge in [-0.05, 0) is 12.1 Å². The summed E-state index contributed by atoms with van der Waals surface area (Å²) in [6.07, 6.45) is 0. The van der Waals surface area contributed by atoms with E-state index in [1.165, 1.54) is 0 Å². The molecule has 0 bridgehead atoms.